The van der Waals surface area contributed by atoms with Crippen molar-refractivity contribution in [2.24, 2.45) is 0 Å². The number of hydrogen-bond acceptors (Lipinski definition) is 3. The lowest BCUT2D eigenvalue weighted by Crippen LogP contribution is -2.26. The number of rotatable bonds is 4. The van der Waals surface area contributed by atoms with Crippen LogP contribution in [0.15, 0.2) is 34.4 Å². The third kappa shape index (κ3) is 3.25. The molecule has 2 nitrogen and oxygen atoms in total. The molecule has 1 aliphatic rings. The molecule has 0 aliphatic heterocycles. The van der Waals surface area contributed by atoms with Crippen molar-refractivity contribution in [3.63, 3.8) is 0 Å². The van der Waals surface area contributed by atoms with Gasteiger partial charge in [0.05, 0.1) is 3.79 Å². The average Bonchev–Trinajstić information content (AvgIpc) is 2.81. The van der Waals surface area contributed by atoms with Crippen LogP contribution in [0.1, 0.15) is 34.9 Å². The summed E-state index contributed by atoms with van der Waals surface area (Å²) in [5.41, 5.74) is 2.86. The summed E-state index contributed by atoms with van der Waals surface area (Å²) in [6, 6.07) is 7.02. The summed E-state index contributed by atoms with van der Waals surface area (Å²) in [5, 5.41) is 3.71. The van der Waals surface area contributed by atoms with Gasteiger partial charge in [-0.2, -0.15) is 0 Å². The van der Waals surface area contributed by atoms with Gasteiger partial charge in [-0.1, -0.05) is 0 Å². The van der Waals surface area contributed by atoms with E-state index in [1.807, 2.05) is 23.7 Å². The lowest BCUT2D eigenvalue weighted by molar-refractivity contribution is 0.467. The average molecular weight is 337 g/mol. The molecule has 0 saturated carbocycles. The Morgan fingerprint density at radius 1 is 1.37 bits per heavy atom. The molecule has 100 valence electrons. The molecule has 19 heavy (non-hydrogen) atoms. The van der Waals surface area contributed by atoms with Gasteiger partial charge in [0.15, 0.2) is 0 Å². The smallest absolute Gasteiger partial charge is 0.0704 e. The van der Waals surface area contributed by atoms with Gasteiger partial charge in [0.2, 0.25) is 0 Å². The Hall–Kier alpha value is -0.710. The van der Waals surface area contributed by atoms with E-state index < -0.39 is 0 Å². The highest BCUT2D eigenvalue weighted by atomic mass is 79.9. The molecule has 1 N–H and O–H groups in total. The van der Waals surface area contributed by atoms with Gasteiger partial charge in [0, 0.05) is 23.3 Å². The molecule has 0 saturated heterocycles. The van der Waals surface area contributed by atoms with Gasteiger partial charge in [0.1, 0.15) is 0 Å². The highest BCUT2D eigenvalue weighted by Gasteiger charge is 2.21. The topological polar surface area (TPSA) is 24.9 Å². The quantitative estimate of drug-likeness (QED) is 0.908. The highest BCUT2D eigenvalue weighted by Crippen LogP contribution is 2.37. The predicted molar refractivity (Wildman–Crippen MR) is 83.6 cm³/mol. The molecule has 3 rings (SSSR count). The van der Waals surface area contributed by atoms with Crippen molar-refractivity contribution in [1.82, 2.24) is 10.3 Å². The van der Waals surface area contributed by atoms with E-state index in [9.17, 15) is 0 Å². The molecule has 0 fully saturated rings. The number of pyridine rings is 1. The van der Waals surface area contributed by atoms with Crippen LogP contribution in [0, 0.1) is 0 Å². The Labute approximate surface area is 126 Å². The maximum Gasteiger partial charge on any atom is 0.0704 e. The molecule has 2 aromatic heterocycles. The second kappa shape index (κ2) is 6.16. The van der Waals surface area contributed by atoms with E-state index in [0.29, 0.717) is 6.04 Å². The molecule has 1 atom stereocenters. The van der Waals surface area contributed by atoms with E-state index in [2.05, 4.69) is 44.4 Å². The molecule has 0 radical (unpaired) electrons. The summed E-state index contributed by atoms with van der Waals surface area (Å²) in [6.45, 7) is 1.03. The Morgan fingerprint density at radius 3 is 3.05 bits per heavy atom. The number of aryl methyl sites for hydroxylation is 1. The summed E-state index contributed by atoms with van der Waals surface area (Å²) in [7, 11) is 0. The zero-order valence-corrected chi connectivity index (χ0v) is 13.1. The summed E-state index contributed by atoms with van der Waals surface area (Å²) < 4.78 is 1.26. The summed E-state index contributed by atoms with van der Waals surface area (Å²) in [4.78, 5) is 5.61. The zero-order chi connectivity index (χ0) is 13.1. The Morgan fingerprint density at radius 2 is 2.21 bits per heavy atom. The van der Waals surface area contributed by atoms with Crippen molar-refractivity contribution in [1.29, 1.82) is 0 Å². The first-order valence-electron chi connectivity index (χ1n) is 6.73. The molecular formula is C15H17BrN2S. The first-order chi connectivity index (χ1) is 9.33. The van der Waals surface area contributed by atoms with E-state index in [4.69, 9.17) is 0 Å². The number of hydrogen-bond donors (Lipinski definition) is 1. The fourth-order valence-corrected chi connectivity index (χ4v) is 4.49. The Balaban J connectivity index is 1.59. The largest absolute Gasteiger partial charge is 0.310 e. The minimum atomic E-state index is 0.535. The van der Waals surface area contributed by atoms with Crippen LogP contribution < -0.4 is 5.32 Å². The van der Waals surface area contributed by atoms with Crippen LogP contribution in [0.25, 0.3) is 0 Å². The number of aromatic nitrogens is 1. The first kappa shape index (κ1) is 13.3. The van der Waals surface area contributed by atoms with E-state index in [1.165, 1.54) is 34.2 Å². The van der Waals surface area contributed by atoms with Crippen LogP contribution in [0.4, 0.5) is 0 Å². The van der Waals surface area contributed by atoms with E-state index in [1.54, 1.807) is 4.88 Å². The molecule has 0 spiro atoms. The van der Waals surface area contributed by atoms with E-state index in [0.717, 1.165) is 13.0 Å². The Bertz CT molecular complexity index is 538. The van der Waals surface area contributed by atoms with Crippen LogP contribution in [-0.2, 0) is 12.8 Å². The van der Waals surface area contributed by atoms with Crippen LogP contribution in [0.5, 0.6) is 0 Å². The summed E-state index contributed by atoms with van der Waals surface area (Å²) >= 11 is 5.50. The van der Waals surface area contributed by atoms with E-state index in [-0.39, 0.29) is 0 Å². The van der Waals surface area contributed by atoms with Gasteiger partial charge in [-0.3, -0.25) is 4.98 Å². The first-order valence-corrected chi connectivity index (χ1v) is 8.34. The fraction of sp³-hybridized carbons (Fsp3) is 0.400. The standard InChI is InChI=1S/C15H17BrN2S/c16-15-10-12-13(2-1-3-14(12)19-15)18-9-6-11-4-7-17-8-5-11/h4-5,7-8,10,13,18H,1-3,6,9H2. The van der Waals surface area contributed by atoms with Gasteiger partial charge in [-0.25, -0.2) is 0 Å². The molecule has 0 amide bonds. The van der Waals surface area contributed by atoms with Crippen LogP contribution in [0.2, 0.25) is 0 Å². The second-order valence-corrected chi connectivity index (χ2v) is 7.45. The van der Waals surface area contributed by atoms with Gasteiger partial charge in [0.25, 0.3) is 0 Å². The minimum Gasteiger partial charge on any atom is -0.310 e. The maximum absolute atomic E-state index is 4.05. The Kier molecular flexibility index (Phi) is 4.31. The SMILES string of the molecule is Brc1cc2c(s1)CCCC2NCCc1ccncc1. The fourth-order valence-electron chi connectivity index (χ4n) is 2.67. The molecule has 1 unspecified atom stereocenters. The number of nitrogens with one attached hydrogen (secondary N) is 1. The highest BCUT2D eigenvalue weighted by molar-refractivity contribution is 9.11. The molecular weight excluding hydrogens is 320 g/mol. The predicted octanol–water partition coefficient (Wildman–Crippen LogP) is 4.12. The van der Waals surface area contributed by atoms with Crippen molar-refractivity contribution < 1.29 is 0 Å². The monoisotopic (exact) mass is 336 g/mol. The molecule has 2 aromatic rings. The molecule has 2 heterocycles. The van der Waals surface area contributed by atoms with Crippen molar-refractivity contribution in [3.8, 4) is 0 Å². The summed E-state index contributed by atoms with van der Waals surface area (Å²) in [6.07, 6.45) is 8.60. The van der Waals surface area contributed by atoms with Gasteiger partial charge in [-0.15, -0.1) is 11.3 Å². The lowest BCUT2D eigenvalue weighted by atomic mass is 9.94. The molecule has 1 aliphatic carbocycles. The van der Waals surface area contributed by atoms with Crippen molar-refractivity contribution >= 4 is 27.3 Å². The number of halogens is 1. The molecule has 0 aromatic carbocycles. The van der Waals surface area contributed by atoms with Crippen molar-refractivity contribution in [3.05, 3.63) is 50.4 Å². The molecule has 0 bridgehead atoms. The third-order valence-corrected chi connectivity index (χ3v) is 5.35. The minimum absolute atomic E-state index is 0.535. The zero-order valence-electron chi connectivity index (χ0n) is 10.7. The summed E-state index contributed by atoms with van der Waals surface area (Å²) in [5.74, 6) is 0. The lowest BCUT2D eigenvalue weighted by Gasteiger charge is -2.23. The second-order valence-electron chi connectivity index (χ2n) is 4.93. The number of thiophene rings is 1. The van der Waals surface area contributed by atoms with Crippen molar-refractivity contribution in [2.45, 2.75) is 31.7 Å². The van der Waals surface area contributed by atoms with Crippen LogP contribution >= 0.6 is 27.3 Å². The van der Waals surface area contributed by atoms with Gasteiger partial charge < -0.3 is 5.32 Å². The van der Waals surface area contributed by atoms with Gasteiger partial charge in [-0.05, 0) is 77.5 Å². The van der Waals surface area contributed by atoms with Crippen molar-refractivity contribution in [2.75, 3.05) is 6.54 Å². The van der Waals surface area contributed by atoms with E-state index >= 15 is 0 Å². The third-order valence-electron chi connectivity index (χ3n) is 3.64. The maximum atomic E-state index is 4.05. The van der Waals surface area contributed by atoms with Crippen LogP contribution in [-0.4, -0.2) is 11.5 Å². The number of nitrogens with zero attached hydrogens (tertiary/aromatic N) is 1. The van der Waals surface area contributed by atoms with Gasteiger partial charge >= 0.3 is 0 Å². The molecule has 4 heteroatoms. The number of fused-ring (bicyclic) bond motifs is 1. The van der Waals surface area contributed by atoms with Crippen LogP contribution in [0.3, 0.4) is 0 Å². The normalized spacial score (nSPS) is 18.3.